The van der Waals surface area contributed by atoms with Gasteiger partial charge in [0.1, 0.15) is 5.82 Å². The second-order valence-electron chi connectivity index (χ2n) is 2.49. The topological polar surface area (TPSA) is 30.7 Å². The molecule has 4 heteroatoms. The average molecular weight is 193 g/mol. The average Bonchev–Trinajstić information content (AvgIpc) is 2.18. The summed E-state index contributed by atoms with van der Waals surface area (Å²) in [7, 11) is 0. The Morgan fingerprint density at radius 3 is 2.93 bits per heavy atom. The Morgan fingerprint density at radius 2 is 2.36 bits per heavy atom. The fraction of sp³-hybridized carbons (Fsp3) is 0.200. The fourth-order valence-electron chi connectivity index (χ4n) is 0.978. The molecular formula is C10H8FNO2. The molecule has 0 atom stereocenters. The van der Waals surface area contributed by atoms with Crippen LogP contribution in [0, 0.1) is 12.4 Å². The minimum absolute atomic E-state index is 0.0261. The third kappa shape index (κ3) is 2.07. The molecule has 14 heavy (non-hydrogen) atoms. The van der Waals surface area contributed by atoms with Crippen molar-refractivity contribution in [3.8, 4) is 0 Å². The number of carbonyl (C=O) groups excluding carboxylic acids is 1. The van der Waals surface area contributed by atoms with Gasteiger partial charge in [-0.05, 0) is 19.1 Å². The van der Waals surface area contributed by atoms with Gasteiger partial charge in [-0.15, -0.1) is 0 Å². The first kappa shape index (κ1) is 10.2. The lowest BCUT2D eigenvalue weighted by molar-refractivity contribution is 0.0527. The lowest BCUT2D eigenvalue weighted by Gasteiger charge is -2.03. The van der Waals surface area contributed by atoms with Crippen molar-refractivity contribution < 1.29 is 13.9 Å². The molecule has 0 aromatic heterocycles. The molecule has 0 aliphatic heterocycles. The number of hydrogen-bond acceptors (Lipinski definition) is 2. The second kappa shape index (κ2) is 4.38. The maximum absolute atomic E-state index is 12.8. The molecule has 0 saturated carbocycles. The number of halogens is 1. The molecule has 72 valence electrons. The summed E-state index contributed by atoms with van der Waals surface area (Å²) in [5, 5.41) is 0. The summed E-state index contributed by atoms with van der Waals surface area (Å²) in [4.78, 5) is 14.3. The Balaban J connectivity index is 3.12. The molecule has 0 amide bonds. The van der Waals surface area contributed by atoms with Crippen molar-refractivity contribution in [1.29, 1.82) is 0 Å². The zero-order valence-corrected chi connectivity index (χ0v) is 7.58. The van der Waals surface area contributed by atoms with Gasteiger partial charge in [0, 0.05) is 0 Å². The van der Waals surface area contributed by atoms with Gasteiger partial charge in [0.2, 0.25) is 5.69 Å². The predicted molar refractivity (Wildman–Crippen MR) is 48.6 cm³/mol. The van der Waals surface area contributed by atoms with Crippen molar-refractivity contribution in [2.24, 2.45) is 0 Å². The Labute approximate surface area is 80.9 Å². The molecule has 0 aliphatic rings. The van der Waals surface area contributed by atoms with E-state index >= 15 is 0 Å². The van der Waals surface area contributed by atoms with Crippen molar-refractivity contribution in [3.05, 3.63) is 41.0 Å². The van der Waals surface area contributed by atoms with E-state index in [0.29, 0.717) is 0 Å². The summed E-state index contributed by atoms with van der Waals surface area (Å²) in [6, 6.07) is 3.40. The lowest BCUT2D eigenvalue weighted by Crippen LogP contribution is -2.04. The van der Waals surface area contributed by atoms with E-state index in [1.165, 1.54) is 6.07 Å². The molecule has 0 spiro atoms. The first-order valence-corrected chi connectivity index (χ1v) is 4.03. The minimum Gasteiger partial charge on any atom is -0.463 e. The highest BCUT2D eigenvalue weighted by atomic mass is 19.1. The number of rotatable bonds is 2. The maximum atomic E-state index is 12.8. The normalized spacial score (nSPS) is 9.21. The summed E-state index contributed by atoms with van der Waals surface area (Å²) in [6.45, 7) is 8.62. The number of ether oxygens (including phenoxy) is 1. The van der Waals surface area contributed by atoms with Crippen LogP contribution in [-0.2, 0) is 4.74 Å². The van der Waals surface area contributed by atoms with Gasteiger partial charge in [-0.1, -0.05) is 6.07 Å². The summed E-state index contributed by atoms with van der Waals surface area (Å²) in [5.41, 5.74) is 0.0756. The zero-order chi connectivity index (χ0) is 10.6. The summed E-state index contributed by atoms with van der Waals surface area (Å²) in [5.74, 6) is -1.22. The van der Waals surface area contributed by atoms with E-state index in [1.54, 1.807) is 6.92 Å². The van der Waals surface area contributed by atoms with Crippen molar-refractivity contribution in [2.45, 2.75) is 6.92 Å². The molecule has 0 fully saturated rings. The summed E-state index contributed by atoms with van der Waals surface area (Å²) in [6.07, 6.45) is 0. The fourth-order valence-corrected chi connectivity index (χ4v) is 0.978. The molecule has 0 saturated heterocycles. The van der Waals surface area contributed by atoms with Gasteiger partial charge in [-0.3, -0.25) is 0 Å². The van der Waals surface area contributed by atoms with Crippen LogP contribution in [-0.4, -0.2) is 12.6 Å². The third-order valence-corrected chi connectivity index (χ3v) is 1.57. The maximum Gasteiger partial charge on any atom is 0.327 e. The molecule has 0 aliphatic carbocycles. The van der Waals surface area contributed by atoms with Crippen LogP contribution in [0.15, 0.2) is 18.2 Å². The number of benzene rings is 1. The van der Waals surface area contributed by atoms with Gasteiger partial charge in [-0.25, -0.2) is 14.0 Å². The van der Waals surface area contributed by atoms with E-state index in [1.807, 2.05) is 0 Å². The van der Waals surface area contributed by atoms with Crippen LogP contribution >= 0.6 is 0 Å². The predicted octanol–water partition coefficient (Wildman–Crippen LogP) is 2.55. The van der Waals surface area contributed by atoms with Crippen LogP contribution in [0.4, 0.5) is 10.1 Å². The number of nitrogens with zero attached hydrogens (tertiary/aromatic N) is 1. The van der Waals surface area contributed by atoms with E-state index in [9.17, 15) is 9.18 Å². The molecule has 0 unspecified atom stereocenters. The zero-order valence-electron chi connectivity index (χ0n) is 7.58. The van der Waals surface area contributed by atoms with Crippen molar-refractivity contribution in [1.82, 2.24) is 0 Å². The van der Waals surface area contributed by atoms with E-state index in [2.05, 4.69) is 9.58 Å². The van der Waals surface area contributed by atoms with Gasteiger partial charge in [0.25, 0.3) is 0 Å². The molecular weight excluding hydrogens is 185 g/mol. The van der Waals surface area contributed by atoms with Crippen LogP contribution in [0.3, 0.4) is 0 Å². The van der Waals surface area contributed by atoms with E-state index < -0.39 is 11.8 Å². The van der Waals surface area contributed by atoms with Gasteiger partial charge in [0.15, 0.2) is 0 Å². The number of carbonyl (C=O) groups is 1. The van der Waals surface area contributed by atoms with Crippen LogP contribution < -0.4 is 0 Å². The number of hydrogen-bond donors (Lipinski definition) is 0. The highest BCUT2D eigenvalue weighted by Gasteiger charge is 2.13. The van der Waals surface area contributed by atoms with Crippen molar-refractivity contribution in [2.75, 3.05) is 6.61 Å². The highest BCUT2D eigenvalue weighted by molar-refractivity contribution is 5.95. The molecule has 1 aromatic rings. The van der Waals surface area contributed by atoms with Crippen LogP contribution in [0.5, 0.6) is 0 Å². The first-order chi connectivity index (χ1) is 6.69. The minimum atomic E-state index is -0.669. The van der Waals surface area contributed by atoms with Crippen molar-refractivity contribution in [3.63, 3.8) is 0 Å². The largest absolute Gasteiger partial charge is 0.463 e. The van der Waals surface area contributed by atoms with Gasteiger partial charge >= 0.3 is 5.97 Å². The standard InChI is InChI=1S/C10H8FNO2/c1-3-14-10(13)8-6-7(11)4-5-9(8)12-2/h4-6H,3H2,1H3. The van der Waals surface area contributed by atoms with E-state index in [4.69, 9.17) is 6.57 Å². The van der Waals surface area contributed by atoms with Gasteiger partial charge in [0.05, 0.1) is 18.7 Å². The highest BCUT2D eigenvalue weighted by Crippen LogP contribution is 2.20. The third-order valence-electron chi connectivity index (χ3n) is 1.57. The van der Waals surface area contributed by atoms with Crippen LogP contribution in [0.25, 0.3) is 4.85 Å². The van der Waals surface area contributed by atoms with Crippen LogP contribution in [0.1, 0.15) is 17.3 Å². The molecule has 1 rings (SSSR count). The Bertz CT molecular complexity index is 396. The quantitative estimate of drug-likeness (QED) is 0.533. The molecule has 0 bridgehead atoms. The Kier molecular flexibility index (Phi) is 3.19. The Hall–Kier alpha value is -1.89. The molecule has 0 radical (unpaired) electrons. The molecule has 0 heterocycles. The van der Waals surface area contributed by atoms with E-state index in [-0.39, 0.29) is 17.9 Å². The monoisotopic (exact) mass is 193 g/mol. The first-order valence-electron chi connectivity index (χ1n) is 4.03. The summed E-state index contributed by atoms with van der Waals surface area (Å²) < 4.78 is 17.4. The van der Waals surface area contributed by atoms with E-state index in [0.717, 1.165) is 12.1 Å². The van der Waals surface area contributed by atoms with Crippen LogP contribution in [0.2, 0.25) is 0 Å². The molecule has 3 nitrogen and oxygen atoms in total. The second-order valence-corrected chi connectivity index (χ2v) is 2.49. The summed E-state index contributed by atoms with van der Waals surface area (Å²) >= 11 is 0. The smallest absolute Gasteiger partial charge is 0.327 e. The van der Waals surface area contributed by atoms with Gasteiger partial charge < -0.3 is 4.74 Å². The molecule has 1 aromatic carbocycles. The molecule has 0 N–H and O–H groups in total. The van der Waals surface area contributed by atoms with Crippen molar-refractivity contribution >= 4 is 11.7 Å². The number of esters is 1. The Morgan fingerprint density at radius 1 is 1.64 bits per heavy atom. The SMILES string of the molecule is [C-]#[N+]c1ccc(F)cc1C(=O)OCC. The lowest BCUT2D eigenvalue weighted by atomic mass is 10.2. The van der Waals surface area contributed by atoms with Gasteiger partial charge in [-0.2, -0.15) is 0 Å².